The average Bonchev–Trinajstić information content (AvgIpc) is 2.43. The molecule has 2 nitrogen and oxygen atoms in total. The molecule has 0 atom stereocenters. The molecular weight excluding hydrogens is 352 g/mol. The van der Waals surface area contributed by atoms with Crippen molar-refractivity contribution in [2.45, 2.75) is 26.7 Å². The second-order valence-electron chi connectivity index (χ2n) is 5.20. The summed E-state index contributed by atoms with van der Waals surface area (Å²) >= 11 is 9.69. The van der Waals surface area contributed by atoms with Gasteiger partial charge in [0.1, 0.15) is 17.8 Å². The third-order valence-corrected chi connectivity index (χ3v) is 4.18. The zero-order chi connectivity index (χ0) is 15.6. The molecule has 0 radical (unpaired) electrons. The lowest BCUT2D eigenvalue weighted by Crippen LogP contribution is -1.95. The molecule has 0 fully saturated rings. The molecule has 21 heavy (non-hydrogen) atoms. The first kappa shape index (κ1) is 16.1. The van der Waals surface area contributed by atoms with Crippen molar-refractivity contribution >= 4 is 33.8 Å². The Labute approximate surface area is 138 Å². The molecule has 0 saturated heterocycles. The van der Waals surface area contributed by atoms with Gasteiger partial charge in [0.05, 0.1) is 4.47 Å². The fraction of sp³-hybridized carbons (Fsp3) is 0.235. The van der Waals surface area contributed by atoms with Crippen LogP contribution in [0.1, 0.15) is 41.3 Å². The highest BCUT2D eigenvalue weighted by Gasteiger charge is 2.12. The van der Waals surface area contributed by atoms with Crippen molar-refractivity contribution in [3.8, 4) is 11.5 Å². The average molecular weight is 368 g/mol. The van der Waals surface area contributed by atoms with Crippen LogP contribution in [0.4, 0.5) is 0 Å². The summed E-state index contributed by atoms with van der Waals surface area (Å²) in [6, 6.07) is 9.12. The van der Waals surface area contributed by atoms with Crippen LogP contribution < -0.4 is 4.74 Å². The molecule has 0 aliphatic carbocycles. The van der Waals surface area contributed by atoms with Gasteiger partial charge >= 0.3 is 0 Å². The molecule has 0 aliphatic heterocycles. The predicted molar refractivity (Wildman–Crippen MR) is 89.9 cm³/mol. The first-order valence-corrected chi connectivity index (χ1v) is 7.82. The van der Waals surface area contributed by atoms with Gasteiger partial charge in [0.2, 0.25) is 0 Å². The summed E-state index contributed by atoms with van der Waals surface area (Å²) in [5.41, 5.74) is 2.62. The lowest BCUT2D eigenvalue weighted by molar-refractivity contribution is 0.112. The van der Waals surface area contributed by atoms with Crippen LogP contribution in [0.3, 0.4) is 0 Å². The van der Waals surface area contributed by atoms with Gasteiger partial charge in [0.15, 0.2) is 0 Å². The van der Waals surface area contributed by atoms with E-state index in [9.17, 15) is 4.79 Å². The maximum Gasteiger partial charge on any atom is 0.150 e. The largest absolute Gasteiger partial charge is 0.456 e. The van der Waals surface area contributed by atoms with E-state index in [4.69, 9.17) is 16.3 Å². The van der Waals surface area contributed by atoms with Crippen molar-refractivity contribution in [2.75, 3.05) is 0 Å². The quantitative estimate of drug-likeness (QED) is 0.607. The number of carbonyl (C=O) groups excluding carboxylic acids is 1. The molecule has 4 heteroatoms. The Hall–Kier alpha value is -1.32. The summed E-state index contributed by atoms with van der Waals surface area (Å²) in [5.74, 6) is 1.75. The number of benzene rings is 2. The fourth-order valence-corrected chi connectivity index (χ4v) is 2.93. The fourth-order valence-electron chi connectivity index (χ4n) is 2.01. The van der Waals surface area contributed by atoms with Gasteiger partial charge in [-0.15, -0.1) is 0 Å². The van der Waals surface area contributed by atoms with E-state index in [1.54, 1.807) is 18.2 Å². The maximum atomic E-state index is 10.8. The van der Waals surface area contributed by atoms with Crippen molar-refractivity contribution in [2.24, 2.45) is 0 Å². The molecule has 0 aliphatic rings. The van der Waals surface area contributed by atoms with E-state index in [1.807, 2.05) is 19.1 Å². The normalized spacial score (nSPS) is 10.8. The lowest BCUT2D eigenvalue weighted by Gasteiger charge is -2.15. The van der Waals surface area contributed by atoms with E-state index < -0.39 is 0 Å². The minimum atomic E-state index is 0.321. The zero-order valence-corrected chi connectivity index (χ0v) is 14.5. The number of hydrogen-bond donors (Lipinski definition) is 0. The number of carbonyl (C=O) groups is 1. The van der Waals surface area contributed by atoms with Gasteiger partial charge in [-0.05, 0) is 70.2 Å². The maximum absolute atomic E-state index is 10.8. The molecule has 2 aromatic rings. The minimum absolute atomic E-state index is 0.321. The van der Waals surface area contributed by atoms with Gasteiger partial charge in [-0.2, -0.15) is 0 Å². The van der Waals surface area contributed by atoms with Gasteiger partial charge in [-0.1, -0.05) is 25.4 Å². The van der Waals surface area contributed by atoms with Gasteiger partial charge in [-0.25, -0.2) is 0 Å². The van der Waals surface area contributed by atoms with Gasteiger partial charge in [-0.3, -0.25) is 4.79 Å². The highest BCUT2D eigenvalue weighted by Crippen LogP contribution is 2.36. The first-order valence-electron chi connectivity index (χ1n) is 6.65. The Bertz CT molecular complexity index is 681. The molecule has 0 amide bonds. The van der Waals surface area contributed by atoms with Crippen LogP contribution in [0, 0.1) is 6.92 Å². The molecule has 0 aromatic heterocycles. The number of halogens is 2. The van der Waals surface area contributed by atoms with Crippen LogP contribution in [0.2, 0.25) is 5.02 Å². The molecule has 0 heterocycles. The van der Waals surface area contributed by atoms with Crippen LogP contribution >= 0.6 is 27.5 Å². The third kappa shape index (κ3) is 3.66. The van der Waals surface area contributed by atoms with Gasteiger partial charge in [0, 0.05) is 10.6 Å². The van der Waals surface area contributed by atoms with E-state index in [1.165, 1.54) is 0 Å². The van der Waals surface area contributed by atoms with Gasteiger partial charge < -0.3 is 4.74 Å². The minimum Gasteiger partial charge on any atom is -0.456 e. The first-order chi connectivity index (χ1) is 9.92. The molecule has 2 aromatic carbocycles. The van der Waals surface area contributed by atoms with Crippen molar-refractivity contribution in [1.82, 2.24) is 0 Å². The number of aryl methyl sites for hydroxylation is 1. The van der Waals surface area contributed by atoms with E-state index in [0.29, 0.717) is 17.2 Å². The number of rotatable bonds is 4. The van der Waals surface area contributed by atoms with Crippen molar-refractivity contribution in [1.29, 1.82) is 0 Å². The summed E-state index contributed by atoms with van der Waals surface area (Å²) in [5, 5.41) is 0.755. The molecule has 0 bridgehead atoms. The number of ether oxygens (including phenoxy) is 1. The van der Waals surface area contributed by atoms with Crippen LogP contribution in [0.25, 0.3) is 0 Å². The number of hydrogen-bond acceptors (Lipinski definition) is 2. The Morgan fingerprint density at radius 1 is 1.19 bits per heavy atom. The van der Waals surface area contributed by atoms with Crippen LogP contribution in [0.5, 0.6) is 11.5 Å². The van der Waals surface area contributed by atoms with Crippen LogP contribution in [-0.4, -0.2) is 6.29 Å². The summed E-state index contributed by atoms with van der Waals surface area (Å²) < 4.78 is 6.71. The highest BCUT2D eigenvalue weighted by molar-refractivity contribution is 9.10. The van der Waals surface area contributed by atoms with Gasteiger partial charge in [0.25, 0.3) is 0 Å². The van der Waals surface area contributed by atoms with E-state index >= 15 is 0 Å². The standard InChI is InChI=1S/C17H16BrClO2/c1-10(2)13-8-17(11(3)6-15(13)19)21-16-5-4-12(9-20)7-14(16)18/h4-10H,1-3H3. The van der Waals surface area contributed by atoms with Crippen molar-refractivity contribution < 1.29 is 9.53 Å². The van der Waals surface area contributed by atoms with Crippen LogP contribution in [-0.2, 0) is 0 Å². The third-order valence-electron chi connectivity index (χ3n) is 3.23. The smallest absolute Gasteiger partial charge is 0.150 e. The highest BCUT2D eigenvalue weighted by atomic mass is 79.9. The molecule has 0 spiro atoms. The van der Waals surface area contributed by atoms with Crippen molar-refractivity contribution in [3.63, 3.8) is 0 Å². The second-order valence-corrected chi connectivity index (χ2v) is 6.47. The van der Waals surface area contributed by atoms with Crippen molar-refractivity contribution in [3.05, 3.63) is 56.5 Å². The molecule has 110 valence electrons. The monoisotopic (exact) mass is 366 g/mol. The Kier molecular flexibility index (Phi) is 5.07. The van der Waals surface area contributed by atoms with E-state index in [0.717, 1.165) is 32.7 Å². The SMILES string of the molecule is Cc1cc(Cl)c(C(C)C)cc1Oc1ccc(C=O)cc1Br. The summed E-state index contributed by atoms with van der Waals surface area (Å²) in [4.78, 5) is 10.8. The molecule has 0 N–H and O–H groups in total. The predicted octanol–water partition coefficient (Wildman–Crippen LogP) is 6.14. The Balaban J connectivity index is 2.39. The van der Waals surface area contributed by atoms with E-state index in [-0.39, 0.29) is 0 Å². The second kappa shape index (κ2) is 6.63. The molecular formula is C17H16BrClO2. The topological polar surface area (TPSA) is 26.3 Å². The Morgan fingerprint density at radius 2 is 1.90 bits per heavy atom. The lowest BCUT2D eigenvalue weighted by atomic mass is 10.0. The Morgan fingerprint density at radius 3 is 2.48 bits per heavy atom. The van der Waals surface area contributed by atoms with Crippen LogP contribution in [0.15, 0.2) is 34.8 Å². The van der Waals surface area contributed by atoms with E-state index in [2.05, 4.69) is 29.8 Å². The summed E-state index contributed by atoms with van der Waals surface area (Å²) in [6.07, 6.45) is 0.805. The number of aldehydes is 1. The summed E-state index contributed by atoms with van der Waals surface area (Å²) in [6.45, 7) is 6.14. The molecule has 0 unspecified atom stereocenters. The zero-order valence-electron chi connectivity index (χ0n) is 12.1. The molecule has 2 rings (SSSR count). The summed E-state index contributed by atoms with van der Waals surface area (Å²) in [7, 11) is 0. The molecule has 0 saturated carbocycles.